The van der Waals surface area contributed by atoms with Gasteiger partial charge in [0.15, 0.2) is 0 Å². The zero-order chi connectivity index (χ0) is 14.4. The summed E-state index contributed by atoms with van der Waals surface area (Å²) in [4.78, 5) is 17.1. The molecular formula is C13H22N4O2. The third kappa shape index (κ3) is 4.57. The first kappa shape index (κ1) is 15.5. The molecule has 0 aliphatic carbocycles. The van der Waals surface area contributed by atoms with Gasteiger partial charge in [-0.1, -0.05) is 0 Å². The maximum Gasteiger partial charge on any atom is 0.278 e. The van der Waals surface area contributed by atoms with Crippen molar-refractivity contribution in [2.45, 2.75) is 26.8 Å². The van der Waals surface area contributed by atoms with Crippen molar-refractivity contribution < 1.29 is 4.92 Å². The van der Waals surface area contributed by atoms with Crippen LogP contribution in [0.1, 0.15) is 23.2 Å². The van der Waals surface area contributed by atoms with Gasteiger partial charge in [-0.05, 0) is 47.5 Å². The van der Waals surface area contributed by atoms with Crippen molar-refractivity contribution in [1.82, 2.24) is 15.2 Å². The van der Waals surface area contributed by atoms with Crippen molar-refractivity contribution in [2.75, 3.05) is 27.2 Å². The monoisotopic (exact) mass is 266 g/mol. The largest absolute Gasteiger partial charge is 0.311 e. The minimum Gasteiger partial charge on any atom is -0.311 e. The van der Waals surface area contributed by atoms with E-state index in [9.17, 15) is 10.1 Å². The van der Waals surface area contributed by atoms with Crippen LogP contribution in [-0.2, 0) is 6.54 Å². The Morgan fingerprint density at radius 2 is 2.11 bits per heavy atom. The summed E-state index contributed by atoms with van der Waals surface area (Å²) in [7, 11) is 4.07. The smallest absolute Gasteiger partial charge is 0.278 e. The topological polar surface area (TPSA) is 71.3 Å². The fraction of sp³-hybridized carbons (Fsp3) is 0.615. The lowest BCUT2D eigenvalue weighted by Gasteiger charge is -2.11. The lowest BCUT2D eigenvalue weighted by atomic mass is 10.1. The van der Waals surface area contributed by atoms with Crippen LogP contribution in [-0.4, -0.2) is 42.0 Å². The van der Waals surface area contributed by atoms with Gasteiger partial charge in [-0.3, -0.25) is 15.1 Å². The Kier molecular flexibility index (Phi) is 5.85. The SMILES string of the molecule is Cc1cnc(CNCCCN(C)C)c(C)c1[N+](=O)[O-]. The van der Waals surface area contributed by atoms with Crippen LogP contribution in [0.25, 0.3) is 0 Å². The first-order valence-corrected chi connectivity index (χ1v) is 6.38. The van der Waals surface area contributed by atoms with E-state index in [2.05, 4.69) is 15.2 Å². The number of aromatic nitrogens is 1. The van der Waals surface area contributed by atoms with Crippen LogP contribution in [0, 0.1) is 24.0 Å². The zero-order valence-electron chi connectivity index (χ0n) is 12.1. The van der Waals surface area contributed by atoms with Gasteiger partial charge in [0.05, 0.1) is 10.6 Å². The quantitative estimate of drug-likeness (QED) is 0.461. The van der Waals surface area contributed by atoms with Crippen LogP contribution in [0.3, 0.4) is 0 Å². The summed E-state index contributed by atoms with van der Waals surface area (Å²) in [5.74, 6) is 0. The zero-order valence-corrected chi connectivity index (χ0v) is 12.1. The molecule has 0 spiro atoms. The molecule has 0 aliphatic heterocycles. The Morgan fingerprint density at radius 3 is 2.68 bits per heavy atom. The molecule has 0 amide bonds. The van der Waals surface area contributed by atoms with Crippen molar-refractivity contribution in [3.05, 3.63) is 33.1 Å². The van der Waals surface area contributed by atoms with Crippen LogP contribution in [0.15, 0.2) is 6.20 Å². The minimum atomic E-state index is -0.331. The van der Waals surface area contributed by atoms with Crippen LogP contribution >= 0.6 is 0 Å². The third-order valence-corrected chi connectivity index (χ3v) is 3.01. The van der Waals surface area contributed by atoms with E-state index in [1.54, 1.807) is 20.0 Å². The van der Waals surface area contributed by atoms with Crippen molar-refractivity contribution in [3.8, 4) is 0 Å². The first-order valence-electron chi connectivity index (χ1n) is 6.38. The molecule has 6 heteroatoms. The molecule has 0 aliphatic rings. The van der Waals surface area contributed by atoms with Crippen LogP contribution in [0.2, 0.25) is 0 Å². The van der Waals surface area contributed by atoms with Gasteiger partial charge in [-0.2, -0.15) is 0 Å². The van der Waals surface area contributed by atoms with Gasteiger partial charge in [0.25, 0.3) is 5.69 Å². The molecular weight excluding hydrogens is 244 g/mol. The summed E-state index contributed by atoms with van der Waals surface area (Å²) in [6, 6.07) is 0. The molecule has 0 unspecified atom stereocenters. The molecule has 106 valence electrons. The van der Waals surface area contributed by atoms with E-state index in [0.717, 1.165) is 25.2 Å². The van der Waals surface area contributed by atoms with Gasteiger partial charge in [0.2, 0.25) is 0 Å². The number of nitrogens with zero attached hydrogens (tertiary/aromatic N) is 3. The second-order valence-corrected chi connectivity index (χ2v) is 4.95. The maximum absolute atomic E-state index is 11.0. The summed E-state index contributed by atoms with van der Waals surface area (Å²) >= 11 is 0. The van der Waals surface area contributed by atoms with E-state index >= 15 is 0 Å². The second kappa shape index (κ2) is 7.16. The summed E-state index contributed by atoms with van der Waals surface area (Å²) in [5.41, 5.74) is 2.20. The van der Waals surface area contributed by atoms with Crippen LogP contribution < -0.4 is 5.32 Å². The number of hydrogen-bond donors (Lipinski definition) is 1. The third-order valence-electron chi connectivity index (χ3n) is 3.01. The Morgan fingerprint density at radius 1 is 1.42 bits per heavy atom. The van der Waals surface area contributed by atoms with Crippen LogP contribution in [0.4, 0.5) is 5.69 Å². The molecule has 6 nitrogen and oxygen atoms in total. The Balaban J connectivity index is 2.60. The van der Waals surface area contributed by atoms with E-state index < -0.39 is 0 Å². The molecule has 19 heavy (non-hydrogen) atoms. The van der Waals surface area contributed by atoms with Gasteiger partial charge in [-0.25, -0.2) is 0 Å². The molecule has 0 saturated carbocycles. The molecule has 0 saturated heterocycles. The number of hydrogen-bond acceptors (Lipinski definition) is 5. The van der Waals surface area contributed by atoms with Gasteiger partial charge in [0.1, 0.15) is 0 Å². The van der Waals surface area contributed by atoms with E-state index in [-0.39, 0.29) is 10.6 Å². The summed E-state index contributed by atoms with van der Waals surface area (Å²) in [6.07, 6.45) is 2.61. The molecule has 0 fully saturated rings. The molecule has 0 bridgehead atoms. The Bertz CT molecular complexity index is 447. The molecule has 0 aromatic carbocycles. The molecule has 0 radical (unpaired) electrons. The first-order chi connectivity index (χ1) is 8.93. The fourth-order valence-corrected chi connectivity index (χ4v) is 1.95. The predicted octanol–water partition coefficient (Wildman–Crippen LogP) is 1.65. The highest BCUT2D eigenvalue weighted by Gasteiger charge is 2.18. The fourth-order valence-electron chi connectivity index (χ4n) is 1.95. The number of pyridine rings is 1. The Labute approximate surface area is 114 Å². The normalized spacial score (nSPS) is 11.0. The summed E-state index contributed by atoms with van der Waals surface area (Å²) in [5, 5.41) is 14.3. The van der Waals surface area contributed by atoms with E-state index in [0.29, 0.717) is 17.7 Å². The number of nitrogens with one attached hydrogen (secondary N) is 1. The molecule has 1 aromatic heterocycles. The summed E-state index contributed by atoms with van der Waals surface area (Å²) < 4.78 is 0. The standard InChI is InChI=1S/C13H22N4O2/c1-10-8-15-12(11(2)13(10)17(18)19)9-14-6-5-7-16(3)4/h8,14H,5-7,9H2,1-4H3. The van der Waals surface area contributed by atoms with Crippen LogP contribution in [0.5, 0.6) is 0 Å². The minimum absolute atomic E-state index is 0.181. The van der Waals surface area contributed by atoms with E-state index in [1.807, 2.05) is 14.1 Å². The van der Waals surface area contributed by atoms with Gasteiger partial charge in [0, 0.05) is 23.9 Å². The second-order valence-electron chi connectivity index (χ2n) is 4.95. The predicted molar refractivity (Wildman–Crippen MR) is 75.2 cm³/mol. The number of rotatable bonds is 7. The van der Waals surface area contributed by atoms with Crippen molar-refractivity contribution >= 4 is 5.69 Å². The highest BCUT2D eigenvalue weighted by Crippen LogP contribution is 2.23. The molecule has 1 N–H and O–H groups in total. The lowest BCUT2D eigenvalue weighted by Crippen LogP contribution is -2.22. The lowest BCUT2D eigenvalue weighted by molar-refractivity contribution is -0.386. The molecule has 0 atom stereocenters. The average molecular weight is 266 g/mol. The Hall–Kier alpha value is -1.53. The molecule has 1 heterocycles. The van der Waals surface area contributed by atoms with E-state index in [1.165, 1.54) is 0 Å². The van der Waals surface area contributed by atoms with Crippen molar-refractivity contribution in [1.29, 1.82) is 0 Å². The highest BCUT2D eigenvalue weighted by atomic mass is 16.6. The number of nitro groups is 1. The molecule has 1 aromatic rings. The average Bonchev–Trinajstić information content (AvgIpc) is 2.30. The summed E-state index contributed by atoms with van der Waals surface area (Å²) in [6.45, 7) is 5.94. The molecule has 1 rings (SSSR count). The van der Waals surface area contributed by atoms with Gasteiger partial charge < -0.3 is 10.2 Å². The van der Waals surface area contributed by atoms with E-state index in [4.69, 9.17) is 0 Å². The van der Waals surface area contributed by atoms with Crippen molar-refractivity contribution in [3.63, 3.8) is 0 Å². The number of aryl methyl sites for hydroxylation is 1. The maximum atomic E-state index is 11.0. The van der Waals surface area contributed by atoms with Gasteiger partial charge >= 0.3 is 0 Å². The van der Waals surface area contributed by atoms with Gasteiger partial charge in [-0.15, -0.1) is 0 Å². The van der Waals surface area contributed by atoms with Crippen molar-refractivity contribution in [2.24, 2.45) is 0 Å². The highest BCUT2D eigenvalue weighted by molar-refractivity contribution is 5.47.